The minimum atomic E-state index is -0.320. The first kappa shape index (κ1) is 24.9. The highest BCUT2D eigenvalue weighted by Crippen LogP contribution is 2.22. The highest BCUT2D eigenvalue weighted by molar-refractivity contribution is 7.80. The summed E-state index contributed by atoms with van der Waals surface area (Å²) in [6, 6.07) is 22.6. The summed E-state index contributed by atoms with van der Waals surface area (Å²) in [5, 5.41) is 8.66. The molecule has 0 fully saturated rings. The third kappa shape index (κ3) is 7.39. The number of hydrogen-bond donors (Lipinski definition) is 3. The third-order valence-corrected chi connectivity index (χ3v) is 5.36. The van der Waals surface area contributed by atoms with Crippen molar-refractivity contribution in [2.24, 2.45) is 0 Å². The van der Waals surface area contributed by atoms with E-state index in [1.807, 2.05) is 55.5 Å². The number of nitrogens with one attached hydrogen (secondary N) is 3. The molecule has 174 valence electrons. The Morgan fingerprint density at radius 2 is 1.35 bits per heavy atom. The van der Waals surface area contributed by atoms with Crippen LogP contribution in [0.15, 0.2) is 78.9 Å². The smallest absolute Gasteiger partial charge is 0.255 e. The molecule has 2 amide bonds. The van der Waals surface area contributed by atoms with E-state index >= 15 is 0 Å². The molecule has 3 N–H and O–H groups in total. The molecular formula is C28H29N3O2S. The lowest BCUT2D eigenvalue weighted by molar-refractivity contribution is -0.115. The van der Waals surface area contributed by atoms with Gasteiger partial charge >= 0.3 is 0 Å². The zero-order valence-electron chi connectivity index (χ0n) is 19.8. The molecule has 5 nitrogen and oxygen atoms in total. The molecule has 3 rings (SSSR count). The van der Waals surface area contributed by atoms with E-state index < -0.39 is 0 Å². The van der Waals surface area contributed by atoms with E-state index in [-0.39, 0.29) is 22.3 Å². The van der Waals surface area contributed by atoms with Crippen LogP contribution in [0.1, 0.15) is 47.8 Å². The van der Waals surface area contributed by atoms with Crippen LogP contribution in [0.3, 0.4) is 0 Å². The number of thiocarbonyl (C=S) groups is 1. The number of rotatable bonds is 5. The summed E-state index contributed by atoms with van der Waals surface area (Å²) in [4.78, 5) is 24.6. The van der Waals surface area contributed by atoms with E-state index in [0.29, 0.717) is 16.9 Å². The first-order valence-corrected chi connectivity index (χ1v) is 11.4. The maximum atomic E-state index is 12.5. The van der Waals surface area contributed by atoms with Gasteiger partial charge in [-0.2, -0.15) is 0 Å². The molecular weight excluding hydrogens is 442 g/mol. The van der Waals surface area contributed by atoms with Gasteiger partial charge in [-0.3, -0.25) is 14.9 Å². The van der Waals surface area contributed by atoms with E-state index in [1.165, 1.54) is 11.6 Å². The van der Waals surface area contributed by atoms with Gasteiger partial charge in [0.15, 0.2) is 5.11 Å². The number of carbonyl (C=O) groups is 2. The van der Waals surface area contributed by atoms with Crippen LogP contribution in [0, 0.1) is 6.92 Å². The van der Waals surface area contributed by atoms with Crippen molar-refractivity contribution in [1.29, 1.82) is 0 Å². The Balaban J connectivity index is 1.50. The molecule has 0 aliphatic heterocycles. The number of anilines is 2. The molecule has 0 bridgehead atoms. The molecule has 0 aliphatic rings. The maximum Gasteiger partial charge on any atom is 0.255 e. The fourth-order valence-corrected chi connectivity index (χ4v) is 3.35. The van der Waals surface area contributed by atoms with E-state index in [0.717, 1.165) is 11.1 Å². The molecule has 3 aromatic rings. The topological polar surface area (TPSA) is 70.2 Å². The number of hydrogen-bond acceptors (Lipinski definition) is 3. The summed E-state index contributed by atoms with van der Waals surface area (Å²) in [6.45, 7) is 8.42. The zero-order valence-corrected chi connectivity index (χ0v) is 20.6. The van der Waals surface area contributed by atoms with Crippen LogP contribution in [0.4, 0.5) is 11.4 Å². The molecule has 0 atom stereocenters. The number of amides is 2. The number of benzene rings is 3. The van der Waals surface area contributed by atoms with Crippen molar-refractivity contribution in [3.8, 4) is 0 Å². The molecule has 3 aromatic carbocycles. The Bertz CT molecular complexity index is 1190. The van der Waals surface area contributed by atoms with Gasteiger partial charge in [0.25, 0.3) is 5.91 Å². The van der Waals surface area contributed by atoms with E-state index in [1.54, 1.807) is 30.3 Å². The van der Waals surface area contributed by atoms with E-state index in [9.17, 15) is 9.59 Å². The quantitative estimate of drug-likeness (QED) is 0.312. The van der Waals surface area contributed by atoms with Gasteiger partial charge in [0.05, 0.1) is 0 Å². The minimum Gasteiger partial charge on any atom is -0.332 e. The van der Waals surface area contributed by atoms with Gasteiger partial charge in [-0.15, -0.1) is 0 Å². The first-order chi connectivity index (χ1) is 16.1. The SMILES string of the molecule is Cc1ccc(/C=C/C(=O)NC(=S)Nc2ccc(NC(=O)c3ccc(C(C)(C)C)cc3)cc2)cc1. The monoisotopic (exact) mass is 471 g/mol. The maximum absolute atomic E-state index is 12.5. The van der Waals surface area contributed by atoms with Crippen molar-refractivity contribution < 1.29 is 9.59 Å². The van der Waals surface area contributed by atoms with Crippen LogP contribution in [0.25, 0.3) is 6.08 Å². The average molecular weight is 472 g/mol. The lowest BCUT2D eigenvalue weighted by Gasteiger charge is -2.19. The predicted molar refractivity (Wildman–Crippen MR) is 144 cm³/mol. The van der Waals surface area contributed by atoms with Gasteiger partial charge in [-0.25, -0.2) is 0 Å². The second-order valence-corrected chi connectivity index (χ2v) is 9.45. The van der Waals surface area contributed by atoms with Crippen molar-refractivity contribution in [1.82, 2.24) is 5.32 Å². The van der Waals surface area contributed by atoms with E-state index in [4.69, 9.17) is 12.2 Å². The lowest BCUT2D eigenvalue weighted by atomic mass is 9.87. The molecule has 0 unspecified atom stereocenters. The Labute approximate surface area is 206 Å². The molecule has 0 aliphatic carbocycles. The minimum absolute atomic E-state index is 0.0370. The van der Waals surface area contributed by atoms with Crippen LogP contribution in [0.2, 0.25) is 0 Å². The fourth-order valence-electron chi connectivity index (χ4n) is 3.13. The highest BCUT2D eigenvalue weighted by atomic mass is 32.1. The fraction of sp³-hybridized carbons (Fsp3) is 0.179. The van der Waals surface area contributed by atoms with Crippen molar-refractivity contribution in [2.75, 3.05) is 10.6 Å². The second kappa shape index (κ2) is 10.9. The Hall–Kier alpha value is -3.77. The predicted octanol–water partition coefficient (Wildman–Crippen LogP) is 6.07. The molecule has 0 radical (unpaired) electrons. The first-order valence-electron chi connectivity index (χ1n) is 11.0. The molecule has 6 heteroatoms. The van der Waals surface area contributed by atoms with E-state index in [2.05, 4.69) is 36.7 Å². The highest BCUT2D eigenvalue weighted by Gasteiger charge is 2.14. The lowest BCUT2D eigenvalue weighted by Crippen LogP contribution is -2.32. The molecule has 34 heavy (non-hydrogen) atoms. The van der Waals surface area contributed by atoms with Gasteiger partial charge in [0.1, 0.15) is 0 Å². The molecule has 0 heterocycles. The Morgan fingerprint density at radius 3 is 1.91 bits per heavy atom. The molecule has 0 aromatic heterocycles. The van der Waals surface area contributed by atoms with Crippen molar-refractivity contribution in [3.05, 3.63) is 101 Å². The van der Waals surface area contributed by atoms with Crippen LogP contribution in [0.5, 0.6) is 0 Å². The van der Waals surface area contributed by atoms with Gasteiger partial charge in [-0.05, 0) is 78.2 Å². The van der Waals surface area contributed by atoms with Crippen LogP contribution in [-0.2, 0) is 10.2 Å². The normalized spacial score (nSPS) is 11.2. The standard InChI is InChI=1S/C28H29N3O2S/c1-19-5-7-20(8-6-19)9-18-25(32)31-27(34)30-24-16-14-23(15-17-24)29-26(33)21-10-12-22(13-11-21)28(2,3)4/h5-18H,1-4H3,(H,29,33)(H2,30,31,32,34)/b18-9+. The van der Waals surface area contributed by atoms with Crippen LogP contribution >= 0.6 is 12.2 Å². The van der Waals surface area contributed by atoms with Crippen molar-refractivity contribution in [3.63, 3.8) is 0 Å². The summed E-state index contributed by atoms with van der Waals surface area (Å²) < 4.78 is 0. The third-order valence-electron chi connectivity index (χ3n) is 5.15. The Kier molecular flexibility index (Phi) is 7.97. The number of aryl methyl sites for hydroxylation is 1. The van der Waals surface area contributed by atoms with Crippen molar-refractivity contribution in [2.45, 2.75) is 33.1 Å². The van der Waals surface area contributed by atoms with Gasteiger partial charge < -0.3 is 10.6 Å². The van der Waals surface area contributed by atoms with Crippen LogP contribution in [-0.4, -0.2) is 16.9 Å². The molecule has 0 saturated heterocycles. The van der Waals surface area contributed by atoms with Gasteiger partial charge in [0.2, 0.25) is 5.91 Å². The molecule has 0 saturated carbocycles. The summed E-state index contributed by atoms with van der Waals surface area (Å²) in [5.74, 6) is -0.497. The Morgan fingerprint density at radius 1 is 0.794 bits per heavy atom. The van der Waals surface area contributed by atoms with Crippen LogP contribution < -0.4 is 16.0 Å². The van der Waals surface area contributed by atoms with Crippen molar-refractivity contribution >= 4 is 46.6 Å². The zero-order chi connectivity index (χ0) is 24.7. The largest absolute Gasteiger partial charge is 0.332 e. The number of carbonyl (C=O) groups excluding carboxylic acids is 2. The summed E-state index contributed by atoms with van der Waals surface area (Å²) >= 11 is 5.22. The summed E-state index contributed by atoms with van der Waals surface area (Å²) in [5.41, 5.74) is 5.25. The van der Waals surface area contributed by atoms with Gasteiger partial charge in [-0.1, -0.05) is 62.7 Å². The van der Waals surface area contributed by atoms with Gasteiger partial charge in [0, 0.05) is 23.0 Å². The second-order valence-electron chi connectivity index (χ2n) is 9.05. The molecule has 0 spiro atoms. The average Bonchev–Trinajstić information content (AvgIpc) is 2.79. The summed E-state index contributed by atoms with van der Waals surface area (Å²) in [7, 11) is 0. The summed E-state index contributed by atoms with van der Waals surface area (Å²) in [6.07, 6.45) is 3.16.